The number of rotatable bonds is 2. The number of hydrogen-bond acceptors (Lipinski definition) is 4. The Labute approximate surface area is 150 Å². The lowest BCUT2D eigenvalue weighted by atomic mass is 9.83. The fraction of sp³-hybridized carbons (Fsp3) is 0.600. The maximum atomic E-state index is 12.6. The van der Waals surface area contributed by atoms with E-state index in [4.69, 9.17) is 4.74 Å². The number of piperidine rings is 1. The van der Waals surface area contributed by atoms with Crippen LogP contribution in [0.3, 0.4) is 0 Å². The quantitative estimate of drug-likeness (QED) is 0.811. The van der Waals surface area contributed by atoms with Gasteiger partial charge in [-0.25, -0.2) is 9.78 Å². The number of carbonyl (C=O) groups is 1. The van der Waals surface area contributed by atoms with Gasteiger partial charge in [0.25, 0.3) is 0 Å². The second-order valence-corrected chi connectivity index (χ2v) is 8.24. The molecule has 5 heteroatoms. The van der Waals surface area contributed by atoms with Gasteiger partial charge in [0.15, 0.2) is 0 Å². The zero-order valence-corrected chi connectivity index (χ0v) is 16.0. The molecule has 1 amide bonds. The van der Waals surface area contributed by atoms with Crippen molar-refractivity contribution in [2.24, 2.45) is 0 Å². The standard InChI is InChI=1S/C20H29N3O2/c1-20(2,3)25-19(24)23-16-7-6-8-17(23)12-15(11-16)14-9-10-18(21-13-14)22(4)5/h9-11,13,16-17H,6-8,12H2,1-5H3. The van der Waals surface area contributed by atoms with Gasteiger partial charge in [-0.3, -0.25) is 4.90 Å². The summed E-state index contributed by atoms with van der Waals surface area (Å²) >= 11 is 0. The van der Waals surface area contributed by atoms with Gasteiger partial charge >= 0.3 is 6.09 Å². The minimum absolute atomic E-state index is 0.130. The Morgan fingerprint density at radius 3 is 2.60 bits per heavy atom. The molecule has 136 valence electrons. The van der Waals surface area contributed by atoms with E-state index in [1.807, 2.05) is 56.9 Å². The highest BCUT2D eigenvalue weighted by Gasteiger charge is 2.39. The van der Waals surface area contributed by atoms with E-state index in [2.05, 4.69) is 17.1 Å². The van der Waals surface area contributed by atoms with E-state index >= 15 is 0 Å². The molecular weight excluding hydrogens is 314 g/mol. The largest absolute Gasteiger partial charge is 0.444 e. The van der Waals surface area contributed by atoms with Crippen molar-refractivity contribution < 1.29 is 9.53 Å². The Bertz CT molecular complexity index is 659. The van der Waals surface area contributed by atoms with Gasteiger partial charge in [-0.15, -0.1) is 0 Å². The van der Waals surface area contributed by atoms with Crippen LogP contribution in [-0.2, 0) is 4.74 Å². The average molecular weight is 343 g/mol. The molecule has 0 N–H and O–H groups in total. The molecule has 2 aliphatic rings. The molecule has 2 aliphatic heterocycles. The van der Waals surface area contributed by atoms with Crippen molar-refractivity contribution in [1.29, 1.82) is 0 Å². The van der Waals surface area contributed by atoms with Crippen LogP contribution in [0.4, 0.5) is 10.6 Å². The first-order chi connectivity index (χ1) is 11.7. The first-order valence-corrected chi connectivity index (χ1v) is 9.10. The normalized spacial score (nSPS) is 23.1. The van der Waals surface area contributed by atoms with Gasteiger partial charge in [0.05, 0.1) is 6.04 Å². The second-order valence-electron chi connectivity index (χ2n) is 8.24. The van der Waals surface area contributed by atoms with Gasteiger partial charge in [-0.05, 0) is 69.7 Å². The van der Waals surface area contributed by atoms with E-state index in [-0.39, 0.29) is 18.2 Å². The van der Waals surface area contributed by atoms with Crippen molar-refractivity contribution in [3.05, 3.63) is 30.0 Å². The lowest BCUT2D eigenvalue weighted by Crippen LogP contribution is -2.53. The van der Waals surface area contributed by atoms with Crippen LogP contribution in [0.25, 0.3) is 5.57 Å². The van der Waals surface area contributed by atoms with Gasteiger partial charge in [-0.1, -0.05) is 6.08 Å². The molecule has 1 aromatic rings. The molecule has 3 rings (SSSR count). The van der Waals surface area contributed by atoms with Gasteiger partial charge in [0.1, 0.15) is 11.4 Å². The summed E-state index contributed by atoms with van der Waals surface area (Å²) in [6, 6.07) is 4.53. The molecule has 2 bridgehead atoms. The molecule has 1 fully saturated rings. The van der Waals surface area contributed by atoms with Gasteiger partial charge in [0.2, 0.25) is 0 Å². The topological polar surface area (TPSA) is 45.7 Å². The minimum atomic E-state index is -0.457. The van der Waals surface area contributed by atoms with Crippen LogP contribution in [0.2, 0.25) is 0 Å². The molecule has 1 saturated heterocycles. The van der Waals surface area contributed by atoms with Crippen LogP contribution in [0.5, 0.6) is 0 Å². The van der Waals surface area contributed by atoms with Crippen LogP contribution >= 0.6 is 0 Å². The fourth-order valence-corrected chi connectivity index (χ4v) is 3.68. The Hall–Kier alpha value is -2.04. The Morgan fingerprint density at radius 2 is 2.04 bits per heavy atom. The van der Waals surface area contributed by atoms with E-state index < -0.39 is 5.60 Å². The molecule has 1 aromatic heterocycles. The van der Waals surface area contributed by atoms with Gasteiger partial charge in [-0.2, -0.15) is 0 Å². The molecule has 0 aromatic carbocycles. The van der Waals surface area contributed by atoms with Crippen molar-refractivity contribution >= 4 is 17.5 Å². The maximum absolute atomic E-state index is 12.6. The summed E-state index contributed by atoms with van der Waals surface area (Å²) in [6.07, 6.45) is 8.08. The molecule has 3 heterocycles. The predicted octanol–water partition coefficient (Wildman–Crippen LogP) is 4.09. The number of nitrogens with zero attached hydrogens (tertiary/aromatic N) is 3. The number of aromatic nitrogens is 1. The van der Waals surface area contributed by atoms with E-state index in [0.29, 0.717) is 0 Å². The van der Waals surface area contributed by atoms with E-state index in [0.717, 1.165) is 37.1 Å². The summed E-state index contributed by atoms with van der Waals surface area (Å²) in [5.74, 6) is 0.954. The molecule has 0 saturated carbocycles. The smallest absolute Gasteiger partial charge is 0.411 e. The highest BCUT2D eigenvalue weighted by molar-refractivity contribution is 5.74. The van der Waals surface area contributed by atoms with E-state index in [1.165, 1.54) is 5.57 Å². The molecule has 0 radical (unpaired) electrons. The second kappa shape index (κ2) is 6.70. The Kier molecular flexibility index (Phi) is 4.76. The third kappa shape index (κ3) is 3.97. The van der Waals surface area contributed by atoms with E-state index in [1.54, 1.807) is 0 Å². The molecule has 0 spiro atoms. The average Bonchev–Trinajstić information content (AvgIpc) is 2.52. The molecular formula is C20H29N3O2. The monoisotopic (exact) mass is 343 g/mol. The van der Waals surface area contributed by atoms with Crippen molar-refractivity contribution in [2.45, 2.75) is 64.1 Å². The summed E-state index contributed by atoms with van der Waals surface area (Å²) < 4.78 is 5.64. The molecule has 0 aliphatic carbocycles. The zero-order valence-electron chi connectivity index (χ0n) is 16.0. The van der Waals surface area contributed by atoms with E-state index in [9.17, 15) is 4.79 Å². The predicted molar refractivity (Wildman–Crippen MR) is 101 cm³/mol. The first-order valence-electron chi connectivity index (χ1n) is 9.10. The van der Waals surface area contributed by atoms with Crippen molar-refractivity contribution in [1.82, 2.24) is 9.88 Å². The summed E-state index contributed by atoms with van der Waals surface area (Å²) in [7, 11) is 3.98. The van der Waals surface area contributed by atoms with Gasteiger partial charge < -0.3 is 9.64 Å². The zero-order chi connectivity index (χ0) is 18.2. The molecule has 2 unspecified atom stereocenters. The number of hydrogen-bond donors (Lipinski definition) is 0. The van der Waals surface area contributed by atoms with Crippen LogP contribution < -0.4 is 4.90 Å². The van der Waals surface area contributed by atoms with Crippen molar-refractivity contribution in [3.8, 4) is 0 Å². The number of pyridine rings is 1. The lowest BCUT2D eigenvalue weighted by molar-refractivity contribution is 0.0000853. The third-order valence-corrected chi connectivity index (χ3v) is 4.82. The molecule has 2 atom stereocenters. The van der Waals surface area contributed by atoms with Crippen LogP contribution in [0, 0.1) is 0 Å². The van der Waals surface area contributed by atoms with Crippen LogP contribution in [-0.4, -0.2) is 47.8 Å². The van der Waals surface area contributed by atoms with Crippen LogP contribution in [0.1, 0.15) is 52.0 Å². The van der Waals surface area contributed by atoms with Crippen LogP contribution in [0.15, 0.2) is 24.4 Å². The van der Waals surface area contributed by atoms with Crippen molar-refractivity contribution in [3.63, 3.8) is 0 Å². The fourth-order valence-electron chi connectivity index (χ4n) is 3.68. The number of fused-ring (bicyclic) bond motifs is 2. The van der Waals surface area contributed by atoms with Crippen molar-refractivity contribution in [2.75, 3.05) is 19.0 Å². The molecule has 5 nitrogen and oxygen atoms in total. The number of ether oxygens (including phenoxy) is 1. The number of amides is 1. The highest BCUT2D eigenvalue weighted by atomic mass is 16.6. The summed E-state index contributed by atoms with van der Waals surface area (Å²) in [5, 5.41) is 0. The summed E-state index contributed by atoms with van der Waals surface area (Å²) in [5.41, 5.74) is 2.00. The Balaban J connectivity index is 1.82. The maximum Gasteiger partial charge on any atom is 0.411 e. The number of carbonyl (C=O) groups excluding carboxylic acids is 1. The SMILES string of the molecule is CN(C)c1ccc(C2=CC3CCCC(C2)N3C(=O)OC(C)(C)C)cn1. The molecule has 25 heavy (non-hydrogen) atoms. The Morgan fingerprint density at radius 1 is 1.28 bits per heavy atom. The summed E-state index contributed by atoms with van der Waals surface area (Å²) in [4.78, 5) is 21.1. The van der Waals surface area contributed by atoms with Gasteiger partial charge in [0, 0.05) is 26.3 Å². The third-order valence-electron chi connectivity index (χ3n) is 4.82. The minimum Gasteiger partial charge on any atom is -0.444 e. The lowest BCUT2D eigenvalue weighted by Gasteiger charge is -2.45. The number of anilines is 1. The summed E-state index contributed by atoms with van der Waals surface area (Å²) in [6.45, 7) is 5.76. The highest BCUT2D eigenvalue weighted by Crippen LogP contribution is 2.37. The first kappa shape index (κ1) is 17.8.